The lowest BCUT2D eigenvalue weighted by Crippen LogP contribution is -2.57. The molecule has 0 heterocycles. The second kappa shape index (κ2) is 23.5. The van der Waals surface area contributed by atoms with Gasteiger partial charge in [0.2, 0.25) is 0 Å². The second-order valence-corrected chi connectivity index (χ2v) is 10.4. The summed E-state index contributed by atoms with van der Waals surface area (Å²) in [6.45, 7) is 1.09. The first-order chi connectivity index (χ1) is 17.3. The normalized spacial score (nSPS) is 11.8. The van der Waals surface area contributed by atoms with Crippen LogP contribution in [-0.2, 0) is 14.4 Å². The number of carboxylic acid groups (broad SMARTS) is 3. The molecule has 36 heavy (non-hydrogen) atoms. The predicted octanol–water partition coefficient (Wildman–Crippen LogP) is 7.05. The average Bonchev–Trinajstić information content (AvgIpc) is 2.78. The van der Waals surface area contributed by atoms with Crippen LogP contribution in [0.15, 0.2) is 12.2 Å². The third-order valence-electron chi connectivity index (χ3n) is 6.81. The number of nitrogens with zero attached hydrogens (tertiary/aromatic N) is 1. The van der Waals surface area contributed by atoms with E-state index < -0.39 is 42.0 Å². The van der Waals surface area contributed by atoms with Gasteiger partial charge in [0.25, 0.3) is 0 Å². The number of aliphatic carboxylic acids is 3. The summed E-state index contributed by atoms with van der Waals surface area (Å²) in [4.78, 5) is 33.6. The standard InChI is InChI=1S/C29H53NO6/c1-2-3-4-5-6-7-8-9-10-11-12-13-14-15-16-17-18-19-20-21-22-23-30(24-27(31)32,25-28(33)34)26-29(35)36/h9-10H,2-8,11-26H2,1H3,(H2-,31,32,33,34,35,36)/p+1/b10-9+. The van der Waals surface area contributed by atoms with E-state index in [1.807, 2.05) is 0 Å². The van der Waals surface area contributed by atoms with Crippen molar-refractivity contribution in [2.75, 3.05) is 26.2 Å². The summed E-state index contributed by atoms with van der Waals surface area (Å²) >= 11 is 0. The summed E-state index contributed by atoms with van der Waals surface area (Å²) in [6.07, 6.45) is 27.9. The molecule has 0 aromatic rings. The number of rotatable bonds is 27. The molecule has 0 rings (SSSR count). The van der Waals surface area contributed by atoms with Gasteiger partial charge >= 0.3 is 17.9 Å². The van der Waals surface area contributed by atoms with Crippen LogP contribution in [0.5, 0.6) is 0 Å². The maximum atomic E-state index is 11.2. The topological polar surface area (TPSA) is 112 Å². The number of hydrogen-bond acceptors (Lipinski definition) is 3. The molecule has 0 fully saturated rings. The summed E-state index contributed by atoms with van der Waals surface area (Å²) in [7, 11) is 0. The van der Waals surface area contributed by atoms with Crippen LogP contribution in [0.3, 0.4) is 0 Å². The summed E-state index contributed by atoms with van der Waals surface area (Å²) in [5, 5.41) is 27.4. The molecule has 0 saturated heterocycles. The SMILES string of the molecule is CCCCCCCC/C=C/CCCCCCCCCCCCC[N+](CC(=O)O)(CC(=O)O)CC(=O)O. The van der Waals surface area contributed by atoms with Gasteiger partial charge in [0.1, 0.15) is 0 Å². The van der Waals surface area contributed by atoms with Crippen molar-refractivity contribution in [3.63, 3.8) is 0 Å². The Balaban J connectivity index is 3.69. The van der Waals surface area contributed by atoms with Gasteiger partial charge in [0, 0.05) is 0 Å². The zero-order valence-electron chi connectivity index (χ0n) is 22.9. The minimum Gasteiger partial charge on any atom is -0.477 e. The second-order valence-electron chi connectivity index (χ2n) is 10.4. The van der Waals surface area contributed by atoms with Crippen molar-refractivity contribution in [3.8, 4) is 0 Å². The largest absolute Gasteiger partial charge is 0.477 e. The quantitative estimate of drug-likeness (QED) is 0.0618. The van der Waals surface area contributed by atoms with E-state index in [1.165, 1.54) is 96.3 Å². The van der Waals surface area contributed by atoms with Crippen LogP contribution in [0.25, 0.3) is 0 Å². The van der Waals surface area contributed by atoms with Gasteiger partial charge in [0.15, 0.2) is 19.6 Å². The molecule has 7 heteroatoms. The van der Waals surface area contributed by atoms with Gasteiger partial charge in [-0.25, -0.2) is 14.4 Å². The first kappa shape index (κ1) is 34.1. The van der Waals surface area contributed by atoms with Crippen molar-refractivity contribution in [1.82, 2.24) is 0 Å². The van der Waals surface area contributed by atoms with E-state index in [4.69, 9.17) is 15.3 Å². The maximum absolute atomic E-state index is 11.2. The highest BCUT2D eigenvalue weighted by Crippen LogP contribution is 2.15. The lowest BCUT2D eigenvalue weighted by atomic mass is 10.0. The third kappa shape index (κ3) is 22.6. The monoisotopic (exact) mass is 512 g/mol. The third-order valence-corrected chi connectivity index (χ3v) is 6.81. The Bertz CT molecular complexity index is 564. The molecular weight excluding hydrogens is 458 g/mol. The number of hydrogen-bond donors (Lipinski definition) is 3. The zero-order chi connectivity index (χ0) is 26.9. The van der Waals surface area contributed by atoms with Crippen LogP contribution in [0.4, 0.5) is 0 Å². The van der Waals surface area contributed by atoms with Gasteiger partial charge in [-0.1, -0.05) is 103 Å². The molecule has 0 saturated carbocycles. The molecule has 0 aromatic heterocycles. The molecule has 0 aliphatic rings. The van der Waals surface area contributed by atoms with Crippen LogP contribution in [0, 0.1) is 0 Å². The van der Waals surface area contributed by atoms with E-state index in [-0.39, 0.29) is 6.54 Å². The first-order valence-electron chi connectivity index (χ1n) is 14.5. The Labute approximate surface area is 219 Å². The molecular formula is C29H54NO6+. The average molecular weight is 513 g/mol. The number of carboxylic acids is 3. The summed E-state index contributed by atoms with van der Waals surface area (Å²) in [5.41, 5.74) is 0. The van der Waals surface area contributed by atoms with E-state index in [2.05, 4.69) is 19.1 Å². The van der Waals surface area contributed by atoms with Crippen LogP contribution in [-0.4, -0.2) is 63.9 Å². The molecule has 0 aliphatic carbocycles. The fourth-order valence-electron chi connectivity index (χ4n) is 4.84. The summed E-state index contributed by atoms with van der Waals surface area (Å²) in [6, 6.07) is 0. The van der Waals surface area contributed by atoms with Crippen molar-refractivity contribution in [2.45, 2.75) is 129 Å². The molecule has 0 radical (unpaired) electrons. The van der Waals surface area contributed by atoms with E-state index in [0.29, 0.717) is 6.42 Å². The minimum absolute atomic E-state index is 0.263. The number of carbonyl (C=O) groups is 3. The van der Waals surface area contributed by atoms with E-state index >= 15 is 0 Å². The molecule has 0 atom stereocenters. The minimum atomic E-state index is -1.17. The molecule has 7 nitrogen and oxygen atoms in total. The van der Waals surface area contributed by atoms with E-state index in [0.717, 1.165) is 19.3 Å². The lowest BCUT2D eigenvalue weighted by molar-refractivity contribution is -0.907. The van der Waals surface area contributed by atoms with E-state index in [9.17, 15) is 14.4 Å². The Hall–Kier alpha value is -1.89. The molecule has 0 aromatic carbocycles. The Morgan fingerprint density at radius 1 is 0.500 bits per heavy atom. The van der Waals surface area contributed by atoms with Crippen LogP contribution in [0.2, 0.25) is 0 Å². The van der Waals surface area contributed by atoms with Crippen molar-refractivity contribution >= 4 is 17.9 Å². The van der Waals surface area contributed by atoms with Gasteiger partial charge in [-0.15, -0.1) is 0 Å². The van der Waals surface area contributed by atoms with Crippen molar-refractivity contribution in [1.29, 1.82) is 0 Å². The van der Waals surface area contributed by atoms with Crippen LogP contribution in [0.1, 0.15) is 129 Å². The highest BCUT2D eigenvalue weighted by molar-refractivity contribution is 5.73. The van der Waals surface area contributed by atoms with Crippen molar-refractivity contribution < 1.29 is 34.2 Å². The molecule has 0 amide bonds. The fraction of sp³-hybridized carbons (Fsp3) is 0.828. The molecule has 0 unspecified atom stereocenters. The number of allylic oxidation sites excluding steroid dienone is 2. The van der Waals surface area contributed by atoms with Gasteiger partial charge in [0.05, 0.1) is 6.54 Å². The molecule has 0 aliphatic heterocycles. The Morgan fingerprint density at radius 2 is 0.806 bits per heavy atom. The van der Waals surface area contributed by atoms with Gasteiger partial charge < -0.3 is 15.3 Å². The van der Waals surface area contributed by atoms with E-state index in [1.54, 1.807) is 0 Å². The highest BCUT2D eigenvalue weighted by Gasteiger charge is 2.35. The molecule has 0 bridgehead atoms. The van der Waals surface area contributed by atoms with Crippen molar-refractivity contribution in [2.24, 2.45) is 0 Å². The summed E-state index contributed by atoms with van der Waals surface area (Å²) in [5.74, 6) is -3.51. The van der Waals surface area contributed by atoms with Crippen LogP contribution >= 0.6 is 0 Å². The first-order valence-corrected chi connectivity index (χ1v) is 14.5. The van der Waals surface area contributed by atoms with Crippen molar-refractivity contribution in [3.05, 3.63) is 12.2 Å². The van der Waals surface area contributed by atoms with Gasteiger partial charge in [-0.05, 0) is 38.5 Å². The maximum Gasteiger partial charge on any atom is 0.359 e. The Kier molecular flexibility index (Phi) is 22.3. The van der Waals surface area contributed by atoms with Gasteiger partial charge in [-0.2, -0.15) is 0 Å². The molecule has 210 valence electrons. The predicted molar refractivity (Wildman–Crippen MR) is 145 cm³/mol. The summed E-state index contributed by atoms with van der Waals surface area (Å²) < 4.78 is -0.436. The fourth-order valence-corrected chi connectivity index (χ4v) is 4.84. The smallest absolute Gasteiger partial charge is 0.359 e. The number of quaternary nitrogens is 1. The number of unbranched alkanes of at least 4 members (excludes halogenated alkanes) is 17. The Morgan fingerprint density at radius 3 is 1.14 bits per heavy atom. The molecule has 0 spiro atoms. The zero-order valence-corrected chi connectivity index (χ0v) is 22.9. The highest BCUT2D eigenvalue weighted by atomic mass is 16.4. The van der Waals surface area contributed by atoms with Gasteiger partial charge in [-0.3, -0.25) is 4.48 Å². The molecule has 3 N–H and O–H groups in total. The lowest BCUT2D eigenvalue weighted by Gasteiger charge is -2.34. The van der Waals surface area contributed by atoms with Crippen LogP contribution < -0.4 is 0 Å².